The van der Waals surface area contributed by atoms with Gasteiger partial charge in [-0.3, -0.25) is 4.79 Å². The molecule has 8 heteroatoms. The molecule has 0 unspecified atom stereocenters. The number of carbonyl (C=O) groups excluding carboxylic acids is 1. The zero-order chi connectivity index (χ0) is 16.0. The molecule has 1 N–H and O–H groups in total. The number of sulfonamides is 1. The van der Waals surface area contributed by atoms with Crippen molar-refractivity contribution in [3.05, 3.63) is 11.8 Å². The van der Waals surface area contributed by atoms with Crippen molar-refractivity contribution < 1.29 is 17.7 Å². The number of rotatable bonds is 8. The second-order valence-corrected chi connectivity index (χ2v) is 6.84. The largest absolute Gasteiger partial charge is 0.360 e. The zero-order valence-corrected chi connectivity index (χ0v) is 13.7. The van der Waals surface area contributed by atoms with E-state index in [-0.39, 0.29) is 30.7 Å². The molecule has 1 aromatic rings. The molecule has 1 aromatic heterocycles. The van der Waals surface area contributed by atoms with E-state index in [4.69, 9.17) is 4.52 Å². The normalized spacial score (nSPS) is 11.7. The Morgan fingerprint density at radius 1 is 1.43 bits per heavy atom. The Balaban J connectivity index is 2.66. The van der Waals surface area contributed by atoms with Gasteiger partial charge in [-0.15, -0.1) is 0 Å². The number of carbonyl (C=O) groups is 1. The Hall–Kier alpha value is -1.57. The highest BCUT2D eigenvalue weighted by Gasteiger charge is 2.21. The van der Waals surface area contributed by atoms with E-state index < -0.39 is 10.0 Å². The fraction of sp³-hybridized carbons (Fsp3) is 0.692. The van der Waals surface area contributed by atoms with Crippen LogP contribution in [0.3, 0.4) is 0 Å². The van der Waals surface area contributed by atoms with Gasteiger partial charge in [-0.2, -0.15) is 0 Å². The van der Waals surface area contributed by atoms with Crippen molar-refractivity contribution in [1.29, 1.82) is 0 Å². The van der Waals surface area contributed by atoms with Crippen LogP contribution in [0.1, 0.15) is 32.4 Å². The van der Waals surface area contributed by atoms with E-state index in [0.29, 0.717) is 5.76 Å². The van der Waals surface area contributed by atoms with Crippen LogP contribution in [0.2, 0.25) is 0 Å². The highest BCUT2D eigenvalue weighted by atomic mass is 32.2. The van der Waals surface area contributed by atoms with Gasteiger partial charge in [-0.25, -0.2) is 12.7 Å². The first-order valence-electron chi connectivity index (χ1n) is 6.98. The number of aromatic nitrogens is 1. The standard InChI is InChI=1S/C13H23N3O4S/c1-5-11(6-2)13(17)14-7-8-16(21(4,18)19)12-9-10(3)20-15-12/h9,11H,5-8H2,1-4H3,(H,14,17). The molecule has 0 spiro atoms. The van der Waals surface area contributed by atoms with E-state index in [1.807, 2.05) is 13.8 Å². The highest BCUT2D eigenvalue weighted by molar-refractivity contribution is 7.92. The molecule has 7 nitrogen and oxygen atoms in total. The number of aryl methyl sites for hydroxylation is 1. The molecule has 0 saturated carbocycles. The molecule has 1 heterocycles. The minimum atomic E-state index is -3.47. The third-order valence-electron chi connectivity index (χ3n) is 3.24. The lowest BCUT2D eigenvalue weighted by Gasteiger charge is -2.20. The Kier molecular flexibility index (Phi) is 6.19. The van der Waals surface area contributed by atoms with Crippen molar-refractivity contribution in [2.75, 3.05) is 23.7 Å². The fourth-order valence-corrected chi connectivity index (χ4v) is 2.85. The molecular weight excluding hydrogens is 294 g/mol. The van der Waals surface area contributed by atoms with Crippen LogP contribution < -0.4 is 9.62 Å². The highest BCUT2D eigenvalue weighted by Crippen LogP contribution is 2.16. The summed E-state index contributed by atoms with van der Waals surface area (Å²) in [4.78, 5) is 11.9. The summed E-state index contributed by atoms with van der Waals surface area (Å²) in [6.45, 7) is 5.94. The SMILES string of the molecule is CCC(CC)C(=O)NCCN(c1cc(C)on1)S(C)(=O)=O. The lowest BCUT2D eigenvalue weighted by Crippen LogP contribution is -2.40. The van der Waals surface area contributed by atoms with Crippen LogP contribution in [-0.2, 0) is 14.8 Å². The van der Waals surface area contributed by atoms with Crippen LogP contribution in [0.5, 0.6) is 0 Å². The summed E-state index contributed by atoms with van der Waals surface area (Å²) >= 11 is 0. The monoisotopic (exact) mass is 317 g/mol. The molecule has 0 aliphatic carbocycles. The average Bonchev–Trinajstić information content (AvgIpc) is 2.80. The van der Waals surface area contributed by atoms with E-state index >= 15 is 0 Å². The van der Waals surface area contributed by atoms with Gasteiger partial charge in [-0.05, 0) is 19.8 Å². The molecule has 0 aliphatic heterocycles. The Morgan fingerprint density at radius 2 is 2.05 bits per heavy atom. The predicted octanol–water partition coefficient (Wildman–Crippen LogP) is 1.30. The third kappa shape index (κ3) is 5.04. The van der Waals surface area contributed by atoms with Crippen LogP contribution in [-0.4, -0.2) is 38.8 Å². The minimum Gasteiger partial charge on any atom is -0.360 e. The maximum absolute atomic E-state index is 11.9. The van der Waals surface area contributed by atoms with E-state index in [0.717, 1.165) is 23.4 Å². The second kappa shape index (κ2) is 7.44. The maximum Gasteiger partial charge on any atom is 0.233 e. The minimum absolute atomic E-state index is 0.0361. The quantitative estimate of drug-likeness (QED) is 0.780. The van der Waals surface area contributed by atoms with Gasteiger partial charge in [0.25, 0.3) is 0 Å². The van der Waals surface area contributed by atoms with E-state index in [2.05, 4.69) is 10.5 Å². The number of hydrogen-bond acceptors (Lipinski definition) is 5. The third-order valence-corrected chi connectivity index (χ3v) is 4.41. The van der Waals surface area contributed by atoms with Crippen molar-refractivity contribution in [2.24, 2.45) is 5.92 Å². The van der Waals surface area contributed by atoms with Gasteiger partial charge < -0.3 is 9.84 Å². The Morgan fingerprint density at radius 3 is 2.48 bits per heavy atom. The zero-order valence-electron chi connectivity index (χ0n) is 12.9. The molecule has 0 aliphatic rings. The van der Waals surface area contributed by atoms with Crippen molar-refractivity contribution in [3.8, 4) is 0 Å². The molecule has 0 fully saturated rings. The van der Waals surface area contributed by atoms with E-state index in [1.54, 1.807) is 13.0 Å². The lowest BCUT2D eigenvalue weighted by molar-refractivity contribution is -0.125. The molecule has 21 heavy (non-hydrogen) atoms. The summed E-state index contributed by atoms with van der Waals surface area (Å²) in [5.74, 6) is 0.669. The van der Waals surface area contributed by atoms with Crippen LogP contribution in [0.25, 0.3) is 0 Å². The molecule has 0 aromatic carbocycles. The lowest BCUT2D eigenvalue weighted by atomic mass is 10.0. The summed E-state index contributed by atoms with van der Waals surface area (Å²) in [6, 6.07) is 1.55. The van der Waals surface area contributed by atoms with Crippen molar-refractivity contribution in [3.63, 3.8) is 0 Å². The number of anilines is 1. The smallest absolute Gasteiger partial charge is 0.233 e. The first kappa shape index (κ1) is 17.5. The molecule has 0 radical (unpaired) electrons. The summed E-state index contributed by atoms with van der Waals surface area (Å²) < 4.78 is 29.6. The topological polar surface area (TPSA) is 92.5 Å². The van der Waals surface area contributed by atoms with E-state index in [1.165, 1.54) is 0 Å². The summed E-state index contributed by atoms with van der Waals surface area (Å²) in [5.41, 5.74) is 0. The van der Waals surface area contributed by atoms with Gasteiger partial charge in [-0.1, -0.05) is 19.0 Å². The molecule has 1 rings (SSSR count). The van der Waals surface area contributed by atoms with Crippen molar-refractivity contribution >= 4 is 21.7 Å². The average molecular weight is 317 g/mol. The number of amides is 1. The van der Waals surface area contributed by atoms with Gasteiger partial charge in [0.05, 0.1) is 12.8 Å². The Bertz CT molecular complexity index is 564. The number of hydrogen-bond donors (Lipinski definition) is 1. The van der Waals surface area contributed by atoms with Gasteiger partial charge in [0, 0.05) is 18.5 Å². The van der Waals surface area contributed by atoms with Gasteiger partial charge in [0.1, 0.15) is 5.76 Å². The number of nitrogens with zero attached hydrogens (tertiary/aromatic N) is 2. The summed E-state index contributed by atoms with van der Waals surface area (Å²) in [6.07, 6.45) is 2.63. The molecule has 1 amide bonds. The number of nitrogens with one attached hydrogen (secondary N) is 1. The first-order chi connectivity index (χ1) is 9.79. The van der Waals surface area contributed by atoms with E-state index in [9.17, 15) is 13.2 Å². The summed E-state index contributed by atoms with van der Waals surface area (Å²) in [7, 11) is -3.47. The predicted molar refractivity (Wildman–Crippen MR) is 80.5 cm³/mol. The van der Waals surface area contributed by atoms with Crippen LogP contribution >= 0.6 is 0 Å². The first-order valence-corrected chi connectivity index (χ1v) is 8.83. The van der Waals surface area contributed by atoms with Crippen LogP contribution in [0.15, 0.2) is 10.6 Å². The second-order valence-electron chi connectivity index (χ2n) is 4.94. The van der Waals surface area contributed by atoms with Gasteiger partial charge in [0.15, 0.2) is 5.82 Å². The molecule has 120 valence electrons. The van der Waals surface area contributed by atoms with Crippen LogP contribution in [0, 0.1) is 12.8 Å². The molecule has 0 bridgehead atoms. The molecule has 0 saturated heterocycles. The fourth-order valence-electron chi connectivity index (χ4n) is 2.01. The Labute approximate surface area is 125 Å². The van der Waals surface area contributed by atoms with Crippen molar-refractivity contribution in [1.82, 2.24) is 10.5 Å². The summed E-state index contributed by atoms with van der Waals surface area (Å²) in [5, 5.41) is 6.47. The van der Waals surface area contributed by atoms with Gasteiger partial charge in [0.2, 0.25) is 15.9 Å². The molecular formula is C13H23N3O4S. The van der Waals surface area contributed by atoms with Crippen LogP contribution in [0.4, 0.5) is 5.82 Å². The maximum atomic E-state index is 11.9. The van der Waals surface area contributed by atoms with Gasteiger partial charge >= 0.3 is 0 Å². The van der Waals surface area contributed by atoms with Crippen molar-refractivity contribution in [2.45, 2.75) is 33.6 Å². The molecule has 0 atom stereocenters.